The van der Waals surface area contributed by atoms with Crippen molar-refractivity contribution in [1.82, 2.24) is 4.98 Å². The molecule has 1 heterocycles. The third-order valence-electron chi connectivity index (χ3n) is 1.90. The second kappa shape index (κ2) is 5.69. The van der Waals surface area contributed by atoms with Gasteiger partial charge in [-0.2, -0.15) is 13.2 Å². The van der Waals surface area contributed by atoms with Gasteiger partial charge >= 0.3 is 12.5 Å². The monoisotopic (exact) mass is 377 g/mol. The predicted molar refractivity (Wildman–Crippen MR) is 58.5 cm³/mol. The Bertz CT molecular complexity index is 643. The van der Waals surface area contributed by atoms with Gasteiger partial charge in [-0.15, -0.1) is 24.8 Å². The SMILES string of the molecule is O=S(=O)(Cl)c1nc(C(F)(F)F)c(OC(F)(F)F)cc1CCl. The van der Waals surface area contributed by atoms with Crippen LogP contribution in [0.2, 0.25) is 0 Å². The molecule has 0 aliphatic carbocycles. The lowest BCUT2D eigenvalue weighted by molar-refractivity contribution is -0.276. The van der Waals surface area contributed by atoms with E-state index in [1.54, 1.807) is 0 Å². The van der Waals surface area contributed by atoms with Crippen molar-refractivity contribution in [3.63, 3.8) is 0 Å². The van der Waals surface area contributed by atoms with Crippen molar-refractivity contribution in [3.8, 4) is 5.75 Å². The largest absolute Gasteiger partial charge is 0.573 e. The van der Waals surface area contributed by atoms with E-state index in [1.165, 1.54) is 0 Å². The molecule has 0 N–H and O–H groups in total. The van der Waals surface area contributed by atoms with E-state index < -0.39 is 49.5 Å². The second-order valence-corrected chi connectivity index (χ2v) is 6.16. The molecule has 120 valence electrons. The van der Waals surface area contributed by atoms with Crippen LogP contribution in [0.25, 0.3) is 0 Å². The summed E-state index contributed by atoms with van der Waals surface area (Å²) in [5, 5.41) is -1.29. The van der Waals surface area contributed by atoms with Crippen LogP contribution in [-0.4, -0.2) is 19.8 Å². The summed E-state index contributed by atoms with van der Waals surface area (Å²) in [4.78, 5) is 2.62. The van der Waals surface area contributed by atoms with E-state index in [1.807, 2.05) is 0 Å². The number of pyridine rings is 1. The molecule has 1 aromatic heterocycles. The van der Waals surface area contributed by atoms with Crippen LogP contribution in [0.5, 0.6) is 5.75 Å². The minimum atomic E-state index is -5.44. The van der Waals surface area contributed by atoms with Crippen LogP contribution in [-0.2, 0) is 21.1 Å². The highest BCUT2D eigenvalue weighted by atomic mass is 35.7. The Morgan fingerprint density at radius 2 is 1.71 bits per heavy atom. The van der Waals surface area contributed by atoms with E-state index in [0.717, 1.165) is 0 Å². The van der Waals surface area contributed by atoms with Crippen LogP contribution in [0.1, 0.15) is 11.3 Å². The molecule has 0 amide bonds. The average molecular weight is 378 g/mol. The number of alkyl halides is 7. The van der Waals surface area contributed by atoms with Crippen molar-refractivity contribution < 1.29 is 39.5 Å². The fourth-order valence-corrected chi connectivity index (χ4v) is 2.56. The van der Waals surface area contributed by atoms with Gasteiger partial charge in [-0.25, -0.2) is 13.4 Å². The normalized spacial score (nSPS) is 13.3. The first-order valence-electron chi connectivity index (χ1n) is 4.63. The Morgan fingerprint density at radius 1 is 1.19 bits per heavy atom. The molecule has 0 spiro atoms. The molecule has 0 aliphatic rings. The number of hydrogen-bond donors (Lipinski definition) is 0. The number of nitrogens with zero attached hydrogens (tertiary/aromatic N) is 1. The molecule has 0 bridgehead atoms. The Morgan fingerprint density at radius 3 is 2.05 bits per heavy atom. The molecular formula is C8H3Cl2F6NO3S. The molecule has 0 aromatic carbocycles. The fourth-order valence-electron chi connectivity index (χ4n) is 1.23. The summed E-state index contributed by atoms with van der Waals surface area (Å²) in [6, 6.07) is 0.172. The highest BCUT2D eigenvalue weighted by Gasteiger charge is 2.42. The lowest BCUT2D eigenvalue weighted by Gasteiger charge is -2.16. The average Bonchev–Trinajstić information content (AvgIpc) is 2.22. The van der Waals surface area contributed by atoms with Gasteiger partial charge in [0.1, 0.15) is 0 Å². The minimum Gasteiger partial charge on any atom is -0.403 e. The summed E-state index contributed by atoms with van der Waals surface area (Å²) in [6.07, 6.45) is -10.8. The second-order valence-electron chi connectivity index (χ2n) is 3.42. The zero-order chi connectivity index (χ0) is 16.6. The van der Waals surface area contributed by atoms with E-state index in [-0.39, 0.29) is 6.07 Å². The zero-order valence-corrected chi connectivity index (χ0v) is 11.7. The molecule has 0 radical (unpaired) electrons. The number of ether oxygens (including phenoxy) is 1. The van der Waals surface area contributed by atoms with Gasteiger partial charge in [0.25, 0.3) is 9.05 Å². The van der Waals surface area contributed by atoms with E-state index in [9.17, 15) is 34.8 Å². The van der Waals surface area contributed by atoms with Gasteiger partial charge in [-0.05, 0) is 6.07 Å². The van der Waals surface area contributed by atoms with Gasteiger partial charge in [0.2, 0.25) is 0 Å². The molecule has 4 nitrogen and oxygen atoms in total. The van der Waals surface area contributed by atoms with Crippen molar-refractivity contribution in [1.29, 1.82) is 0 Å². The van der Waals surface area contributed by atoms with Crippen LogP contribution in [0.3, 0.4) is 0 Å². The highest BCUT2D eigenvalue weighted by Crippen LogP contribution is 2.39. The Labute approximate surface area is 123 Å². The third-order valence-corrected chi connectivity index (χ3v) is 3.44. The molecule has 21 heavy (non-hydrogen) atoms. The van der Waals surface area contributed by atoms with Crippen LogP contribution < -0.4 is 4.74 Å². The van der Waals surface area contributed by atoms with Crippen molar-refractivity contribution >= 4 is 31.3 Å². The first-order chi connectivity index (χ1) is 9.25. The minimum absolute atomic E-state index is 0.172. The summed E-state index contributed by atoms with van der Waals surface area (Å²) in [5.74, 6) is -2.48. The maximum Gasteiger partial charge on any atom is 0.573 e. The summed E-state index contributed by atoms with van der Waals surface area (Å²) in [5.41, 5.74) is -2.85. The summed E-state index contributed by atoms with van der Waals surface area (Å²) in [7, 11) is 0.122. The molecule has 0 saturated heterocycles. The molecule has 0 atom stereocenters. The first kappa shape index (κ1) is 18.1. The molecule has 0 aliphatic heterocycles. The highest BCUT2D eigenvalue weighted by molar-refractivity contribution is 8.13. The van der Waals surface area contributed by atoms with Gasteiger partial charge < -0.3 is 4.74 Å². The van der Waals surface area contributed by atoms with Crippen LogP contribution in [0.4, 0.5) is 26.3 Å². The topological polar surface area (TPSA) is 56.3 Å². The van der Waals surface area contributed by atoms with Crippen molar-refractivity contribution in [2.45, 2.75) is 23.4 Å². The van der Waals surface area contributed by atoms with Gasteiger partial charge in [0.15, 0.2) is 16.5 Å². The van der Waals surface area contributed by atoms with Gasteiger partial charge in [0.05, 0.1) is 5.88 Å². The Kier molecular flexibility index (Phi) is 4.91. The molecule has 0 saturated carbocycles. The standard InChI is InChI=1S/C8H3Cl2F6NO3S/c9-2-3-1-4(20-8(14,15)16)5(7(11,12)13)17-6(3)21(10,18)19/h1H,2H2. The number of aromatic nitrogens is 1. The maximum atomic E-state index is 12.6. The van der Waals surface area contributed by atoms with Crippen LogP contribution in [0, 0.1) is 0 Å². The summed E-state index contributed by atoms with van der Waals surface area (Å²) < 4.78 is 99.6. The number of halogens is 8. The Balaban J connectivity index is 3.65. The molecule has 0 unspecified atom stereocenters. The van der Waals surface area contributed by atoms with E-state index in [4.69, 9.17) is 22.3 Å². The van der Waals surface area contributed by atoms with Crippen molar-refractivity contribution in [2.24, 2.45) is 0 Å². The number of rotatable bonds is 3. The van der Waals surface area contributed by atoms with Gasteiger partial charge in [-0.1, -0.05) is 0 Å². The third kappa shape index (κ3) is 4.78. The lowest BCUT2D eigenvalue weighted by Crippen LogP contribution is -2.22. The zero-order valence-electron chi connectivity index (χ0n) is 9.39. The molecule has 1 aromatic rings. The van der Waals surface area contributed by atoms with Crippen LogP contribution >= 0.6 is 22.3 Å². The van der Waals surface area contributed by atoms with E-state index in [2.05, 4.69) is 9.72 Å². The Hall–Kier alpha value is -0.940. The van der Waals surface area contributed by atoms with Gasteiger partial charge in [-0.3, -0.25) is 0 Å². The lowest BCUT2D eigenvalue weighted by atomic mass is 10.2. The van der Waals surface area contributed by atoms with Crippen LogP contribution in [0.15, 0.2) is 11.1 Å². The molecule has 13 heteroatoms. The predicted octanol–water partition coefficient (Wildman–Crippen LogP) is 3.67. The van der Waals surface area contributed by atoms with Crippen molar-refractivity contribution in [3.05, 3.63) is 17.3 Å². The molecule has 1 rings (SSSR count). The summed E-state index contributed by atoms with van der Waals surface area (Å²) in [6.45, 7) is 0. The number of hydrogen-bond acceptors (Lipinski definition) is 4. The summed E-state index contributed by atoms with van der Waals surface area (Å²) >= 11 is 5.27. The van der Waals surface area contributed by atoms with Gasteiger partial charge in [0, 0.05) is 16.2 Å². The van der Waals surface area contributed by atoms with E-state index in [0.29, 0.717) is 0 Å². The maximum absolute atomic E-state index is 12.6. The smallest absolute Gasteiger partial charge is 0.403 e. The molecule has 0 fully saturated rings. The van der Waals surface area contributed by atoms with Crippen molar-refractivity contribution in [2.75, 3.05) is 0 Å². The van der Waals surface area contributed by atoms with E-state index >= 15 is 0 Å². The quantitative estimate of drug-likeness (QED) is 0.458. The fraction of sp³-hybridized carbons (Fsp3) is 0.375. The first-order valence-corrected chi connectivity index (χ1v) is 7.47. The molecular weight excluding hydrogens is 375 g/mol.